The highest BCUT2D eigenvalue weighted by Gasteiger charge is 2.17. The zero-order chi connectivity index (χ0) is 10.0. The molecular formula is C7H6F2I2N2. The lowest BCUT2D eigenvalue weighted by atomic mass is 10.2. The second kappa shape index (κ2) is 4.78. The predicted octanol–water partition coefficient (Wildman–Crippen LogP) is 2.69. The van der Waals surface area contributed by atoms with Gasteiger partial charge in [-0.15, -0.1) is 0 Å². The number of aromatic nitrogens is 1. The van der Waals surface area contributed by atoms with Gasteiger partial charge in [0.15, 0.2) is 0 Å². The topological polar surface area (TPSA) is 38.9 Å². The minimum atomic E-state index is -2.55. The third kappa shape index (κ3) is 2.46. The van der Waals surface area contributed by atoms with Gasteiger partial charge in [-0.05, 0) is 45.2 Å². The van der Waals surface area contributed by atoms with Crippen LogP contribution in [0.1, 0.15) is 17.7 Å². The number of hydrogen-bond donors (Lipinski definition) is 1. The lowest BCUT2D eigenvalue weighted by Crippen LogP contribution is -2.08. The SMILES string of the molecule is NCc1c(C(F)F)ncc(I)c1I. The van der Waals surface area contributed by atoms with Crippen molar-refractivity contribution in [2.45, 2.75) is 13.0 Å². The van der Waals surface area contributed by atoms with E-state index in [0.29, 0.717) is 5.56 Å². The molecule has 1 aromatic rings. The molecule has 2 nitrogen and oxygen atoms in total. The number of hydrogen-bond acceptors (Lipinski definition) is 2. The average molecular weight is 410 g/mol. The normalized spacial score (nSPS) is 10.9. The van der Waals surface area contributed by atoms with Gasteiger partial charge in [-0.1, -0.05) is 0 Å². The highest BCUT2D eigenvalue weighted by atomic mass is 127. The molecule has 0 saturated carbocycles. The summed E-state index contributed by atoms with van der Waals surface area (Å²) in [7, 11) is 0. The van der Waals surface area contributed by atoms with Crippen molar-refractivity contribution < 1.29 is 8.78 Å². The van der Waals surface area contributed by atoms with Gasteiger partial charge in [0.2, 0.25) is 0 Å². The van der Waals surface area contributed by atoms with Gasteiger partial charge < -0.3 is 5.73 Å². The molecule has 0 aliphatic carbocycles. The van der Waals surface area contributed by atoms with Crippen molar-refractivity contribution in [3.8, 4) is 0 Å². The minimum absolute atomic E-state index is 0.0990. The second-order valence-electron chi connectivity index (χ2n) is 2.29. The van der Waals surface area contributed by atoms with E-state index < -0.39 is 6.43 Å². The van der Waals surface area contributed by atoms with Crippen molar-refractivity contribution in [1.29, 1.82) is 0 Å². The van der Waals surface area contributed by atoms with Crippen LogP contribution in [0.25, 0.3) is 0 Å². The first-order chi connectivity index (χ1) is 6.07. The van der Waals surface area contributed by atoms with Gasteiger partial charge in [0.1, 0.15) is 5.69 Å². The summed E-state index contributed by atoms with van der Waals surface area (Å²) < 4.78 is 26.4. The van der Waals surface area contributed by atoms with Crippen molar-refractivity contribution in [2.24, 2.45) is 5.73 Å². The maximum absolute atomic E-state index is 12.4. The number of halogens is 4. The van der Waals surface area contributed by atoms with Crippen molar-refractivity contribution in [1.82, 2.24) is 4.98 Å². The molecule has 6 heteroatoms. The standard InChI is InChI=1S/C7H6F2I2N2/c8-7(9)6-3(1-12)5(11)4(10)2-13-6/h2,7H,1,12H2. The van der Waals surface area contributed by atoms with E-state index in [9.17, 15) is 8.78 Å². The first-order valence-electron chi connectivity index (χ1n) is 3.39. The van der Waals surface area contributed by atoms with Crippen LogP contribution in [0.2, 0.25) is 0 Å². The fraction of sp³-hybridized carbons (Fsp3) is 0.286. The van der Waals surface area contributed by atoms with Crippen LogP contribution in [-0.4, -0.2) is 4.98 Å². The van der Waals surface area contributed by atoms with Crippen LogP contribution >= 0.6 is 45.2 Å². The van der Waals surface area contributed by atoms with Crippen LogP contribution in [0.5, 0.6) is 0 Å². The average Bonchev–Trinajstić information content (AvgIpc) is 2.09. The summed E-state index contributed by atoms with van der Waals surface area (Å²) in [5, 5.41) is 0. The molecule has 0 fully saturated rings. The molecule has 0 bridgehead atoms. The maximum Gasteiger partial charge on any atom is 0.280 e. The molecule has 0 saturated heterocycles. The number of alkyl halides is 2. The van der Waals surface area contributed by atoms with Crippen LogP contribution in [0.15, 0.2) is 6.20 Å². The van der Waals surface area contributed by atoms with Crippen LogP contribution in [0, 0.1) is 7.14 Å². The fourth-order valence-corrected chi connectivity index (χ4v) is 2.00. The second-order valence-corrected chi connectivity index (χ2v) is 4.53. The summed E-state index contributed by atoms with van der Waals surface area (Å²) in [5.74, 6) is 0. The smallest absolute Gasteiger partial charge is 0.280 e. The molecule has 72 valence electrons. The molecule has 0 amide bonds. The van der Waals surface area contributed by atoms with Gasteiger partial charge in [0.05, 0.1) is 0 Å². The summed E-state index contributed by atoms with van der Waals surface area (Å²) in [6.45, 7) is 0.0990. The lowest BCUT2D eigenvalue weighted by Gasteiger charge is -2.08. The Bertz CT molecular complexity index is 318. The molecule has 0 spiro atoms. The molecule has 0 radical (unpaired) electrons. The van der Waals surface area contributed by atoms with Gasteiger partial charge >= 0.3 is 0 Å². The first kappa shape index (κ1) is 11.5. The monoisotopic (exact) mass is 410 g/mol. The Kier molecular flexibility index (Phi) is 4.23. The van der Waals surface area contributed by atoms with Crippen LogP contribution < -0.4 is 5.73 Å². The summed E-state index contributed by atoms with van der Waals surface area (Å²) in [5.41, 5.74) is 5.62. The molecule has 1 aromatic heterocycles. The molecule has 0 aromatic carbocycles. The molecule has 13 heavy (non-hydrogen) atoms. The van der Waals surface area contributed by atoms with Crippen LogP contribution in [0.3, 0.4) is 0 Å². The highest BCUT2D eigenvalue weighted by Crippen LogP contribution is 2.26. The third-order valence-corrected chi connectivity index (χ3v) is 4.59. The van der Waals surface area contributed by atoms with E-state index in [1.54, 1.807) is 0 Å². The molecule has 0 aliphatic heterocycles. The summed E-state index contributed by atoms with van der Waals surface area (Å²) >= 11 is 4.05. The summed E-state index contributed by atoms with van der Waals surface area (Å²) in [6, 6.07) is 0. The molecule has 0 unspecified atom stereocenters. The first-order valence-corrected chi connectivity index (χ1v) is 5.54. The molecule has 0 atom stereocenters. The Labute approximate surface area is 102 Å². The van der Waals surface area contributed by atoms with E-state index in [4.69, 9.17) is 5.73 Å². The Morgan fingerprint density at radius 1 is 1.46 bits per heavy atom. The van der Waals surface area contributed by atoms with E-state index in [2.05, 4.69) is 4.98 Å². The number of pyridine rings is 1. The molecule has 0 aliphatic rings. The Morgan fingerprint density at radius 3 is 2.54 bits per heavy atom. The largest absolute Gasteiger partial charge is 0.326 e. The van der Waals surface area contributed by atoms with Crippen molar-refractivity contribution in [3.05, 3.63) is 24.6 Å². The lowest BCUT2D eigenvalue weighted by molar-refractivity contribution is 0.144. The fourth-order valence-electron chi connectivity index (χ4n) is 0.900. The molecular weight excluding hydrogens is 404 g/mol. The molecule has 1 heterocycles. The van der Waals surface area contributed by atoms with E-state index in [0.717, 1.165) is 7.14 Å². The van der Waals surface area contributed by atoms with Gasteiger partial charge in [0, 0.05) is 25.4 Å². The van der Waals surface area contributed by atoms with E-state index in [-0.39, 0.29) is 12.2 Å². The van der Waals surface area contributed by atoms with E-state index in [1.165, 1.54) is 6.20 Å². The van der Waals surface area contributed by atoms with Gasteiger partial charge in [0.25, 0.3) is 6.43 Å². The zero-order valence-corrected chi connectivity index (χ0v) is 10.7. The highest BCUT2D eigenvalue weighted by molar-refractivity contribution is 14.1. The number of rotatable bonds is 2. The van der Waals surface area contributed by atoms with Gasteiger partial charge in [-0.25, -0.2) is 8.78 Å². The zero-order valence-electron chi connectivity index (χ0n) is 6.40. The van der Waals surface area contributed by atoms with Crippen molar-refractivity contribution in [2.75, 3.05) is 0 Å². The van der Waals surface area contributed by atoms with Crippen LogP contribution in [0.4, 0.5) is 8.78 Å². The van der Waals surface area contributed by atoms with Crippen LogP contribution in [-0.2, 0) is 6.54 Å². The van der Waals surface area contributed by atoms with Crippen molar-refractivity contribution >= 4 is 45.2 Å². The summed E-state index contributed by atoms with van der Waals surface area (Å²) in [6.07, 6.45) is -1.12. The Hall–Kier alpha value is 0.430. The van der Waals surface area contributed by atoms with E-state index in [1.807, 2.05) is 45.2 Å². The van der Waals surface area contributed by atoms with Crippen molar-refractivity contribution in [3.63, 3.8) is 0 Å². The summed E-state index contributed by atoms with van der Waals surface area (Å²) in [4.78, 5) is 3.67. The molecule has 1 rings (SSSR count). The maximum atomic E-state index is 12.4. The molecule has 2 N–H and O–H groups in total. The van der Waals surface area contributed by atoms with E-state index >= 15 is 0 Å². The minimum Gasteiger partial charge on any atom is -0.326 e. The quantitative estimate of drug-likeness (QED) is 0.763. The Balaban J connectivity index is 3.30. The third-order valence-electron chi connectivity index (χ3n) is 1.51. The number of nitrogens with zero attached hydrogens (tertiary/aromatic N) is 1. The van der Waals surface area contributed by atoms with Gasteiger partial charge in [-0.3, -0.25) is 4.98 Å². The Morgan fingerprint density at radius 2 is 2.08 bits per heavy atom. The number of nitrogens with two attached hydrogens (primary N) is 1. The predicted molar refractivity (Wildman–Crippen MR) is 62.5 cm³/mol. The van der Waals surface area contributed by atoms with Gasteiger partial charge in [-0.2, -0.15) is 0 Å².